The molecule has 0 aliphatic heterocycles. The first-order valence-corrected chi connectivity index (χ1v) is 6.87. The summed E-state index contributed by atoms with van der Waals surface area (Å²) in [6.07, 6.45) is -5.81. The average Bonchev–Trinajstić information content (AvgIpc) is 2.35. The van der Waals surface area contributed by atoms with E-state index in [2.05, 4.69) is 0 Å². The van der Waals surface area contributed by atoms with Gasteiger partial charge < -0.3 is 14.7 Å². The number of aliphatic hydroxyl groups is 1. The highest BCUT2D eigenvalue weighted by atomic mass is 19.4. The van der Waals surface area contributed by atoms with Gasteiger partial charge in [-0.05, 0) is 38.6 Å². The van der Waals surface area contributed by atoms with E-state index in [0.29, 0.717) is 11.3 Å². The zero-order valence-electron chi connectivity index (χ0n) is 12.5. The molecule has 0 saturated carbocycles. The van der Waals surface area contributed by atoms with Crippen LogP contribution in [0.1, 0.15) is 31.9 Å². The molecule has 0 amide bonds. The summed E-state index contributed by atoms with van der Waals surface area (Å²) in [6, 6.07) is 6.93. The summed E-state index contributed by atoms with van der Waals surface area (Å²) >= 11 is 0. The molecule has 0 fully saturated rings. The van der Waals surface area contributed by atoms with Crippen molar-refractivity contribution in [3.8, 4) is 5.75 Å². The van der Waals surface area contributed by atoms with Gasteiger partial charge in [0, 0.05) is 13.1 Å². The Morgan fingerprint density at radius 1 is 1.19 bits per heavy atom. The fourth-order valence-corrected chi connectivity index (χ4v) is 1.85. The standard InChI is InChI=1S/C15H22F3NO2/c1-11(2)21-13-6-4-12(5-7-13)14(20)10-19(3)9-8-15(16,17)18/h4-7,11,14,20H,8-10H2,1-3H3. The molecule has 0 aliphatic rings. The molecule has 1 aromatic carbocycles. The zero-order chi connectivity index (χ0) is 16.0. The van der Waals surface area contributed by atoms with Crippen LogP contribution in [-0.2, 0) is 0 Å². The lowest BCUT2D eigenvalue weighted by atomic mass is 10.1. The Hall–Kier alpha value is -1.27. The van der Waals surface area contributed by atoms with Gasteiger partial charge in [0.05, 0.1) is 18.6 Å². The Kier molecular flexibility index (Phi) is 6.48. The monoisotopic (exact) mass is 305 g/mol. The van der Waals surface area contributed by atoms with Crippen molar-refractivity contribution >= 4 is 0 Å². The van der Waals surface area contributed by atoms with Gasteiger partial charge in [0.15, 0.2) is 0 Å². The Morgan fingerprint density at radius 2 is 1.76 bits per heavy atom. The fraction of sp³-hybridized carbons (Fsp3) is 0.600. The second-order valence-electron chi connectivity index (χ2n) is 5.38. The number of benzene rings is 1. The van der Waals surface area contributed by atoms with E-state index in [0.717, 1.165) is 0 Å². The molecular weight excluding hydrogens is 283 g/mol. The third kappa shape index (κ3) is 7.34. The summed E-state index contributed by atoms with van der Waals surface area (Å²) in [5.41, 5.74) is 0.657. The minimum absolute atomic E-state index is 0.0641. The van der Waals surface area contributed by atoms with E-state index in [4.69, 9.17) is 4.74 Å². The van der Waals surface area contributed by atoms with Gasteiger partial charge in [-0.1, -0.05) is 12.1 Å². The lowest BCUT2D eigenvalue weighted by molar-refractivity contribution is -0.137. The number of ether oxygens (including phenoxy) is 1. The third-order valence-corrected chi connectivity index (χ3v) is 2.90. The first-order valence-electron chi connectivity index (χ1n) is 6.87. The van der Waals surface area contributed by atoms with Gasteiger partial charge in [-0.15, -0.1) is 0 Å². The van der Waals surface area contributed by atoms with Crippen LogP contribution in [0.5, 0.6) is 5.75 Å². The maximum atomic E-state index is 12.1. The van der Waals surface area contributed by atoms with Crippen molar-refractivity contribution in [2.24, 2.45) is 0 Å². The predicted molar refractivity (Wildman–Crippen MR) is 75.3 cm³/mol. The third-order valence-electron chi connectivity index (χ3n) is 2.90. The Morgan fingerprint density at radius 3 is 2.24 bits per heavy atom. The van der Waals surface area contributed by atoms with Gasteiger partial charge >= 0.3 is 6.18 Å². The summed E-state index contributed by atoms with van der Waals surface area (Å²) in [6.45, 7) is 3.85. The smallest absolute Gasteiger partial charge is 0.390 e. The summed E-state index contributed by atoms with van der Waals surface area (Å²) < 4.78 is 41.9. The highest BCUT2D eigenvalue weighted by molar-refractivity contribution is 5.28. The molecule has 0 aromatic heterocycles. The van der Waals surface area contributed by atoms with Crippen molar-refractivity contribution in [2.75, 3.05) is 20.1 Å². The van der Waals surface area contributed by atoms with Crippen molar-refractivity contribution < 1.29 is 23.0 Å². The summed E-state index contributed by atoms with van der Waals surface area (Å²) in [5, 5.41) is 10.0. The molecule has 0 heterocycles. The van der Waals surface area contributed by atoms with Crippen LogP contribution in [0.15, 0.2) is 24.3 Å². The number of nitrogens with zero attached hydrogens (tertiary/aromatic N) is 1. The van der Waals surface area contributed by atoms with Crippen molar-refractivity contribution in [1.29, 1.82) is 0 Å². The molecule has 0 aliphatic carbocycles. The Balaban J connectivity index is 2.49. The topological polar surface area (TPSA) is 32.7 Å². The molecule has 1 unspecified atom stereocenters. The maximum Gasteiger partial charge on any atom is 0.390 e. The maximum absolute atomic E-state index is 12.1. The van der Waals surface area contributed by atoms with Crippen LogP contribution < -0.4 is 4.74 Å². The molecular formula is C15H22F3NO2. The highest BCUT2D eigenvalue weighted by Crippen LogP contribution is 2.22. The average molecular weight is 305 g/mol. The van der Waals surface area contributed by atoms with Gasteiger partial charge in [-0.3, -0.25) is 0 Å². The Bertz CT molecular complexity index is 418. The van der Waals surface area contributed by atoms with Gasteiger partial charge in [0.2, 0.25) is 0 Å². The van der Waals surface area contributed by atoms with Gasteiger partial charge in [-0.25, -0.2) is 0 Å². The largest absolute Gasteiger partial charge is 0.491 e. The minimum Gasteiger partial charge on any atom is -0.491 e. The number of rotatable bonds is 7. The summed E-state index contributed by atoms with van der Waals surface area (Å²) in [7, 11) is 1.56. The van der Waals surface area contributed by atoms with E-state index >= 15 is 0 Å². The van der Waals surface area contributed by atoms with Gasteiger partial charge in [0.25, 0.3) is 0 Å². The zero-order valence-corrected chi connectivity index (χ0v) is 12.5. The minimum atomic E-state index is -4.17. The Labute approximate surface area is 123 Å². The lowest BCUT2D eigenvalue weighted by Gasteiger charge is -2.21. The van der Waals surface area contributed by atoms with Crippen LogP contribution in [0.4, 0.5) is 13.2 Å². The van der Waals surface area contributed by atoms with Crippen LogP contribution in [0, 0.1) is 0 Å². The van der Waals surface area contributed by atoms with E-state index in [1.54, 1.807) is 31.3 Å². The highest BCUT2D eigenvalue weighted by Gasteiger charge is 2.27. The summed E-state index contributed by atoms with van der Waals surface area (Å²) in [4.78, 5) is 1.47. The van der Waals surface area contributed by atoms with Crippen LogP contribution in [0.2, 0.25) is 0 Å². The van der Waals surface area contributed by atoms with Crippen LogP contribution in [0.3, 0.4) is 0 Å². The molecule has 120 valence electrons. The molecule has 6 heteroatoms. The number of hydrogen-bond donors (Lipinski definition) is 1. The quantitative estimate of drug-likeness (QED) is 0.838. The normalized spacial score (nSPS) is 13.8. The van der Waals surface area contributed by atoms with Crippen LogP contribution >= 0.6 is 0 Å². The number of aliphatic hydroxyl groups excluding tert-OH is 1. The van der Waals surface area contributed by atoms with Gasteiger partial charge in [-0.2, -0.15) is 13.2 Å². The molecule has 0 spiro atoms. The lowest BCUT2D eigenvalue weighted by Crippen LogP contribution is -2.28. The van der Waals surface area contributed by atoms with Gasteiger partial charge in [0.1, 0.15) is 5.75 Å². The molecule has 0 saturated heterocycles. The molecule has 1 N–H and O–H groups in total. The van der Waals surface area contributed by atoms with E-state index in [1.807, 2.05) is 13.8 Å². The summed E-state index contributed by atoms with van der Waals surface area (Å²) in [5.74, 6) is 0.700. The van der Waals surface area contributed by atoms with Crippen LogP contribution in [-0.4, -0.2) is 42.4 Å². The number of alkyl halides is 3. The molecule has 3 nitrogen and oxygen atoms in total. The van der Waals surface area contributed by atoms with Crippen molar-refractivity contribution in [3.05, 3.63) is 29.8 Å². The molecule has 0 bridgehead atoms. The van der Waals surface area contributed by atoms with Crippen molar-refractivity contribution in [2.45, 2.75) is 38.7 Å². The predicted octanol–water partition coefficient (Wildman–Crippen LogP) is 3.39. The first kappa shape index (κ1) is 17.8. The number of halogens is 3. The van der Waals surface area contributed by atoms with Crippen LogP contribution in [0.25, 0.3) is 0 Å². The second-order valence-corrected chi connectivity index (χ2v) is 5.38. The molecule has 0 radical (unpaired) electrons. The van der Waals surface area contributed by atoms with E-state index < -0.39 is 18.7 Å². The number of hydrogen-bond acceptors (Lipinski definition) is 3. The van der Waals surface area contributed by atoms with Crippen molar-refractivity contribution in [1.82, 2.24) is 4.90 Å². The van der Waals surface area contributed by atoms with Crippen molar-refractivity contribution in [3.63, 3.8) is 0 Å². The fourth-order valence-electron chi connectivity index (χ4n) is 1.85. The molecule has 1 rings (SSSR count). The molecule has 1 atom stereocenters. The first-order chi connectivity index (χ1) is 9.67. The molecule has 1 aromatic rings. The second kappa shape index (κ2) is 7.66. The van der Waals surface area contributed by atoms with E-state index in [9.17, 15) is 18.3 Å². The number of likely N-dealkylation sites (N-methyl/N-ethyl adjacent to an activating group) is 1. The SMILES string of the molecule is CC(C)Oc1ccc(C(O)CN(C)CCC(F)(F)F)cc1. The van der Waals surface area contributed by atoms with E-state index in [-0.39, 0.29) is 19.2 Å². The molecule has 21 heavy (non-hydrogen) atoms. The van der Waals surface area contributed by atoms with E-state index in [1.165, 1.54) is 4.90 Å².